The summed E-state index contributed by atoms with van der Waals surface area (Å²) in [7, 11) is 1.75. The standard InChI is InChI=1S/C21H35N5O.HI/c1-6-25(14-18-10-8-7-9-11-18)20(27)12-23-21(22-5)24-19-15-26(16(2)3)13-17(19)4;/h7-11,16-17,19H,6,12-15H2,1-5H3,(H2,22,23,24);1H. The van der Waals surface area contributed by atoms with E-state index in [4.69, 9.17) is 0 Å². The van der Waals surface area contributed by atoms with Gasteiger partial charge in [-0.2, -0.15) is 0 Å². The molecule has 1 heterocycles. The van der Waals surface area contributed by atoms with Gasteiger partial charge >= 0.3 is 0 Å². The minimum absolute atomic E-state index is 0. The maximum Gasteiger partial charge on any atom is 0.242 e. The van der Waals surface area contributed by atoms with Gasteiger partial charge in [-0.25, -0.2) is 0 Å². The zero-order valence-electron chi connectivity index (χ0n) is 17.8. The number of rotatable bonds is 7. The topological polar surface area (TPSA) is 60.0 Å². The molecule has 1 saturated heterocycles. The molecule has 1 fully saturated rings. The average molecular weight is 501 g/mol. The highest BCUT2D eigenvalue weighted by Gasteiger charge is 2.31. The Bertz CT molecular complexity index is 622. The van der Waals surface area contributed by atoms with Crippen LogP contribution in [0.3, 0.4) is 0 Å². The molecule has 7 heteroatoms. The van der Waals surface area contributed by atoms with Crippen LogP contribution < -0.4 is 10.6 Å². The highest BCUT2D eigenvalue weighted by molar-refractivity contribution is 14.0. The van der Waals surface area contributed by atoms with Crippen LogP contribution in [0.25, 0.3) is 0 Å². The second-order valence-electron chi connectivity index (χ2n) is 7.60. The first-order valence-corrected chi connectivity index (χ1v) is 9.97. The monoisotopic (exact) mass is 501 g/mol. The van der Waals surface area contributed by atoms with Crippen molar-refractivity contribution in [2.24, 2.45) is 10.9 Å². The minimum atomic E-state index is 0. The number of likely N-dealkylation sites (N-methyl/N-ethyl adjacent to an activating group) is 1. The molecule has 1 aromatic carbocycles. The Balaban J connectivity index is 0.00000392. The van der Waals surface area contributed by atoms with E-state index in [1.165, 1.54) is 0 Å². The normalized spacial score (nSPS) is 20.0. The molecule has 2 unspecified atom stereocenters. The fourth-order valence-electron chi connectivity index (χ4n) is 3.44. The molecule has 28 heavy (non-hydrogen) atoms. The first-order chi connectivity index (χ1) is 12.9. The van der Waals surface area contributed by atoms with E-state index in [0.29, 0.717) is 37.1 Å². The lowest BCUT2D eigenvalue weighted by Gasteiger charge is -2.24. The van der Waals surface area contributed by atoms with Gasteiger partial charge < -0.3 is 15.5 Å². The number of hydrogen-bond acceptors (Lipinski definition) is 3. The maximum absolute atomic E-state index is 12.6. The summed E-state index contributed by atoms with van der Waals surface area (Å²) in [5.41, 5.74) is 1.14. The van der Waals surface area contributed by atoms with Gasteiger partial charge in [0.1, 0.15) is 0 Å². The number of nitrogens with zero attached hydrogens (tertiary/aromatic N) is 3. The summed E-state index contributed by atoms with van der Waals surface area (Å²) in [5, 5.41) is 6.68. The van der Waals surface area contributed by atoms with Gasteiger partial charge in [0.15, 0.2) is 5.96 Å². The molecule has 0 bridgehead atoms. The van der Waals surface area contributed by atoms with Crippen molar-refractivity contribution >= 4 is 35.8 Å². The number of carbonyl (C=O) groups excluding carboxylic acids is 1. The zero-order chi connectivity index (χ0) is 19.8. The van der Waals surface area contributed by atoms with Gasteiger partial charge in [-0.3, -0.25) is 14.7 Å². The molecule has 0 aliphatic carbocycles. The van der Waals surface area contributed by atoms with Crippen molar-refractivity contribution in [1.82, 2.24) is 20.4 Å². The molecule has 1 aromatic rings. The molecule has 2 rings (SSSR count). The molecule has 2 N–H and O–H groups in total. The zero-order valence-corrected chi connectivity index (χ0v) is 20.1. The van der Waals surface area contributed by atoms with E-state index < -0.39 is 0 Å². The minimum Gasteiger partial charge on any atom is -0.352 e. The van der Waals surface area contributed by atoms with Crippen molar-refractivity contribution in [1.29, 1.82) is 0 Å². The van der Waals surface area contributed by atoms with Crippen molar-refractivity contribution in [2.75, 3.05) is 33.2 Å². The van der Waals surface area contributed by atoms with E-state index in [2.05, 4.69) is 41.3 Å². The molecule has 0 saturated carbocycles. The van der Waals surface area contributed by atoms with E-state index in [0.717, 1.165) is 18.7 Å². The highest BCUT2D eigenvalue weighted by atomic mass is 127. The third-order valence-corrected chi connectivity index (χ3v) is 5.27. The van der Waals surface area contributed by atoms with Crippen LogP contribution in [0.5, 0.6) is 0 Å². The lowest BCUT2D eigenvalue weighted by molar-refractivity contribution is -0.130. The number of amides is 1. The van der Waals surface area contributed by atoms with Crippen molar-refractivity contribution in [2.45, 2.75) is 46.3 Å². The molecule has 0 spiro atoms. The fraction of sp³-hybridized carbons (Fsp3) is 0.619. The molecular weight excluding hydrogens is 465 g/mol. The van der Waals surface area contributed by atoms with Crippen LogP contribution in [0, 0.1) is 5.92 Å². The van der Waals surface area contributed by atoms with Gasteiger partial charge in [-0.1, -0.05) is 37.3 Å². The number of halogens is 1. The van der Waals surface area contributed by atoms with E-state index in [1.807, 2.05) is 42.2 Å². The number of guanidine groups is 1. The second kappa shape index (κ2) is 12.3. The van der Waals surface area contributed by atoms with Gasteiger partial charge in [0, 0.05) is 45.3 Å². The molecule has 1 aliphatic rings. The molecule has 1 aliphatic heterocycles. The number of aliphatic imine (C=N–C) groups is 1. The Kier molecular flexibility index (Phi) is 10.8. The van der Waals surface area contributed by atoms with Gasteiger partial charge in [0.2, 0.25) is 5.91 Å². The van der Waals surface area contributed by atoms with E-state index >= 15 is 0 Å². The van der Waals surface area contributed by atoms with Crippen LogP contribution in [0.2, 0.25) is 0 Å². The number of benzene rings is 1. The molecule has 158 valence electrons. The van der Waals surface area contributed by atoms with Crippen LogP contribution in [0.1, 0.15) is 33.3 Å². The Hall–Kier alpha value is -1.35. The highest BCUT2D eigenvalue weighted by Crippen LogP contribution is 2.18. The van der Waals surface area contributed by atoms with E-state index in [1.54, 1.807) is 7.05 Å². The Morgan fingerprint density at radius 2 is 1.96 bits per heavy atom. The summed E-state index contributed by atoms with van der Waals surface area (Å²) in [6.07, 6.45) is 0. The predicted molar refractivity (Wildman–Crippen MR) is 127 cm³/mol. The van der Waals surface area contributed by atoms with E-state index in [9.17, 15) is 4.79 Å². The predicted octanol–water partition coefficient (Wildman–Crippen LogP) is 2.55. The summed E-state index contributed by atoms with van der Waals surface area (Å²) in [6.45, 7) is 12.4. The smallest absolute Gasteiger partial charge is 0.242 e. The van der Waals surface area contributed by atoms with Crippen LogP contribution in [-0.4, -0.2) is 67.0 Å². The van der Waals surface area contributed by atoms with Gasteiger partial charge in [-0.15, -0.1) is 24.0 Å². The Morgan fingerprint density at radius 1 is 1.29 bits per heavy atom. The van der Waals surface area contributed by atoms with Crippen LogP contribution in [-0.2, 0) is 11.3 Å². The summed E-state index contributed by atoms with van der Waals surface area (Å²) < 4.78 is 0. The molecule has 0 aromatic heterocycles. The van der Waals surface area contributed by atoms with Crippen molar-refractivity contribution in [3.05, 3.63) is 35.9 Å². The van der Waals surface area contributed by atoms with Crippen molar-refractivity contribution in [3.8, 4) is 0 Å². The Morgan fingerprint density at radius 3 is 2.50 bits per heavy atom. The van der Waals surface area contributed by atoms with E-state index in [-0.39, 0.29) is 36.4 Å². The summed E-state index contributed by atoms with van der Waals surface area (Å²) in [6, 6.07) is 11.0. The lowest BCUT2D eigenvalue weighted by atomic mass is 10.1. The van der Waals surface area contributed by atoms with Crippen molar-refractivity contribution in [3.63, 3.8) is 0 Å². The number of hydrogen-bond donors (Lipinski definition) is 2. The van der Waals surface area contributed by atoms with Crippen molar-refractivity contribution < 1.29 is 4.79 Å². The molecular formula is C21H36IN5O. The first-order valence-electron chi connectivity index (χ1n) is 9.97. The maximum atomic E-state index is 12.6. The third kappa shape index (κ3) is 7.24. The summed E-state index contributed by atoms with van der Waals surface area (Å²) in [5.74, 6) is 1.32. The lowest BCUT2D eigenvalue weighted by Crippen LogP contribution is -2.49. The molecule has 6 nitrogen and oxygen atoms in total. The van der Waals surface area contributed by atoms with Crippen LogP contribution in [0.4, 0.5) is 0 Å². The fourth-order valence-corrected chi connectivity index (χ4v) is 3.44. The van der Waals surface area contributed by atoms with Crippen LogP contribution >= 0.6 is 24.0 Å². The first kappa shape index (κ1) is 24.7. The van der Waals surface area contributed by atoms with Crippen LogP contribution in [0.15, 0.2) is 35.3 Å². The van der Waals surface area contributed by atoms with Gasteiger partial charge in [-0.05, 0) is 32.3 Å². The molecule has 0 radical (unpaired) electrons. The summed E-state index contributed by atoms with van der Waals surface area (Å²) in [4.78, 5) is 21.2. The number of likely N-dealkylation sites (tertiary alicyclic amines) is 1. The Labute approximate surface area is 187 Å². The quantitative estimate of drug-likeness (QED) is 0.343. The van der Waals surface area contributed by atoms with Gasteiger partial charge in [0.25, 0.3) is 0 Å². The number of nitrogens with one attached hydrogen (secondary N) is 2. The average Bonchev–Trinajstić information content (AvgIpc) is 3.04. The molecule has 1 amide bonds. The van der Waals surface area contributed by atoms with Gasteiger partial charge in [0.05, 0.1) is 6.54 Å². The third-order valence-electron chi connectivity index (χ3n) is 5.27. The second-order valence-corrected chi connectivity index (χ2v) is 7.60. The summed E-state index contributed by atoms with van der Waals surface area (Å²) >= 11 is 0. The number of carbonyl (C=O) groups is 1. The largest absolute Gasteiger partial charge is 0.352 e. The SMILES string of the molecule is CCN(Cc1ccccc1)C(=O)CNC(=NC)NC1CN(C(C)C)CC1C.I. The molecule has 2 atom stereocenters.